The molecule has 1 aliphatic carbocycles. The van der Waals surface area contributed by atoms with Crippen LogP contribution in [-0.4, -0.2) is 58.9 Å². The third-order valence-electron chi connectivity index (χ3n) is 6.90. The van der Waals surface area contributed by atoms with E-state index in [1.165, 1.54) is 13.1 Å². The number of halogens is 3. The number of carbonyl (C=O) groups excluding carboxylic acids is 1. The first-order chi connectivity index (χ1) is 14.9. The van der Waals surface area contributed by atoms with Crippen molar-refractivity contribution in [3.8, 4) is 0 Å². The highest BCUT2D eigenvalue weighted by atomic mass is 28.4. The first-order valence-corrected chi connectivity index (χ1v) is 13.5. The lowest BCUT2D eigenvalue weighted by Gasteiger charge is -2.41. The van der Waals surface area contributed by atoms with Gasteiger partial charge in [-0.05, 0) is 25.1 Å². The Kier molecular flexibility index (Phi) is 6.27. The molecule has 5 atom stereocenters. The van der Waals surface area contributed by atoms with Gasteiger partial charge in [0.25, 0.3) is 5.56 Å². The maximum Gasteiger partial charge on any atom is 0.471 e. The first-order valence-electron chi connectivity index (χ1n) is 10.6. The number of aromatic nitrogens is 2. The second-order valence-corrected chi connectivity index (χ2v) is 15.2. The number of nitrogens with zero attached hydrogens (tertiary/aromatic N) is 1. The van der Waals surface area contributed by atoms with Crippen molar-refractivity contribution in [1.29, 1.82) is 0 Å². The number of aliphatic hydroxyl groups is 1. The van der Waals surface area contributed by atoms with Gasteiger partial charge in [-0.15, -0.1) is 0 Å². The molecule has 3 rings (SSSR count). The summed E-state index contributed by atoms with van der Waals surface area (Å²) < 4.78 is 52.3. The van der Waals surface area contributed by atoms with Crippen LogP contribution in [0.5, 0.6) is 0 Å². The minimum Gasteiger partial charge on any atom is -0.409 e. The summed E-state index contributed by atoms with van der Waals surface area (Å²) in [5, 5.41) is 13.0. The van der Waals surface area contributed by atoms with E-state index in [9.17, 15) is 32.7 Å². The van der Waals surface area contributed by atoms with Gasteiger partial charge >= 0.3 is 17.8 Å². The van der Waals surface area contributed by atoms with Crippen molar-refractivity contribution in [2.24, 2.45) is 0 Å². The second kappa shape index (κ2) is 8.07. The SMILES string of the molecule is Cc1cn([C@H]2C[C@@]3(O)C[C@@H](NC(=O)C(F)(F)F)[C@@H](O[Si](C)(C)C(C)(C)C)[C@H]3O2)c(=O)[nH]c1=O. The summed E-state index contributed by atoms with van der Waals surface area (Å²) in [7, 11) is -2.57. The van der Waals surface area contributed by atoms with Crippen LogP contribution in [0, 0.1) is 6.92 Å². The molecule has 1 amide bonds. The van der Waals surface area contributed by atoms with E-state index in [-0.39, 0.29) is 23.4 Å². The topological polar surface area (TPSA) is 123 Å². The Hall–Kier alpha value is -1.96. The zero-order valence-corrected chi connectivity index (χ0v) is 20.4. The zero-order chi connectivity index (χ0) is 25.1. The maximum absolute atomic E-state index is 12.9. The normalized spacial score (nSPS) is 30.4. The Morgan fingerprint density at radius 3 is 2.45 bits per heavy atom. The summed E-state index contributed by atoms with van der Waals surface area (Å²) in [6.07, 6.45) is -7.27. The Labute approximate surface area is 189 Å². The largest absolute Gasteiger partial charge is 0.471 e. The molecule has 0 radical (unpaired) electrons. The van der Waals surface area contributed by atoms with Gasteiger partial charge in [0.05, 0.1) is 17.7 Å². The van der Waals surface area contributed by atoms with Crippen LogP contribution in [0.4, 0.5) is 13.2 Å². The van der Waals surface area contributed by atoms with Gasteiger partial charge in [0.2, 0.25) is 0 Å². The van der Waals surface area contributed by atoms with E-state index in [2.05, 4.69) is 4.98 Å². The average Bonchev–Trinajstić information content (AvgIpc) is 3.08. The molecule has 1 saturated carbocycles. The van der Waals surface area contributed by atoms with Crippen LogP contribution in [0.2, 0.25) is 18.1 Å². The molecule has 9 nitrogen and oxygen atoms in total. The van der Waals surface area contributed by atoms with Crippen LogP contribution in [0.25, 0.3) is 0 Å². The highest BCUT2D eigenvalue weighted by Crippen LogP contribution is 2.49. The van der Waals surface area contributed by atoms with Crippen LogP contribution < -0.4 is 16.6 Å². The van der Waals surface area contributed by atoms with Gasteiger partial charge < -0.3 is 19.6 Å². The number of amides is 1. The van der Waals surface area contributed by atoms with E-state index in [0.717, 1.165) is 4.57 Å². The van der Waals surface area contributed by atoms with Crippen LogP contribution in [0.1, 0.15) is 45.4 Å². The van der Waals surface area contributed by atoms with Crippen molar-refractivity contribution in [3.63, 3.8) is 0 Å². The number of aromatic amines is 1. The van der Waals surface area contributed by atoms with Crippen LogP contribution in [-0.2, 0) is 14.0 Å². The third kappa shape index (κ3) is 4.81. The fraction of sp³-hybridized carbons (Fsp3) is 0.750. The molecule has 0 unspecified atom stereocenters. The highest BCUT2D eigenvalue weighted by molar-refractivity contribution is 6.74. The minimum atomic E-state index is -5.09. The predicted octanol–water partition coefficient (Wildman–Crippen LogP) is 1.70. The number of alkyl halides is 3. The molecule has 0 aromatic carbocycles. The van der Waals surface area contributed by atoms with Crippen molar-refractivity contribution in [2.45, 2.75) is 94.9 Å². The van der Waals surface area contributed by atoms with E-state index in [1.54, 1.807) is 0 Å². The molecule has 0 spiro atoms. The molecule has 2 fully saturated rings. The molecule has 13 heteroatoms. The summed E-state index contributed by atoms with van der Waals surface area (Å²) in [4.78, 5) is 37.8. The van der Waals surface area contributed by atoms with Gasteiger partial charge in [-0.3, -0.25) is 19.1 Å². The summed E-state index contributed by atoms with van der Waals surface area (Å²) in [6, 6.07) is -1.14. The number of hydrogen-bond donors (Lipinski definition) is 3. The summed E-state index contributed by atoms with van der Waals surface area (Å²) in [5.74, 6) is -2.12. The molecule has 1 aromatic heterocycles. The summed E-state index contributed by atoms with van der Waals surface area (Å²) in [5.41, 5.74) is -2.68. The van der Waals surface area contributed by atoms with Gasteiger partial charge in [0, 0.05) is 24.6 Å². The molecular weight excluding hydrogens is 463 g/mol. The molecule has 1 aliphatic heterocycles. The van der Waals surface area contributed by atoms with E-state index < -0.39 is 61.7 Å². The first kappa shape index (κ1) is 25.7. The van der Waals surface area contributed by atoms with Crippen molar-refractivity contribution in [1.82, 2.24) is 14.9 Å². The standard InChI is InChI=1S/C20H30F3N3O6Si/c1-10-9-26(17(29)25-15(10)27)12-8-19(30)7-11(24-16(28)20(21,22)23)13(14(19)31-12)32-33(5,6)18(2,3)4/h9,11-14,30H,7-8H2,1-6H3,(H,24,28)(H,25,27,29)/t11-,12-,13-,14-,19+/m1/s1. The number of nitrogens with one attached hydrogen (secondary N) is 2. The highest BCUT2D eigenvalue weighted by Gasteiger charge is 2.62. The molecule has 2 heterocycles. The van der Waals surface area contributed by atoms with Gasteiger partial charge in [-0.25, -0.2) is 4.79 Å². The lowest BCUT2D eigenvalue weighted by Crippen LogP contribution is -2.54. The minimum absolute atomic E-state index is 0.126. The monoisotopic (exact) mass is 493 g/mol. The fourth-order valence-corrected chi connectivity index (χ4v) is 5.38. The fourth-order valence-electron chi connectivity index (χ4n) is 4.06. The van der Waals surface area contributed by atoms with Crippen LogP contribution in [0.15, 0.2) is 15.8 Å². The molecule has 33 heavy (non-hydrogen) atoms. The molecule has 2 aliphatic rings. The molecule has 1 aromatic rings. The second-order valence-electron chi connectivity index (χ2n) is 10.4. The lowest BCUT2D eigenvalue weighted by atomic mass is 9.97. The quantitative estimate of drug-likeness (QED) is 0.549. The average molecular weight is 494 g/mol. The number of aryl methyl sites for hydroxylation is 1. The molecule has 3 N–H and O–H groups in total. The number of fused-ring (bicyclic) bond motifs is 1. The summed E-state index contributed by atoms with van der Waals surface area (Å²) in [6.45, 7) is 11.1. The Morgan fingerprint density at radius 2 is 1.91 bits per heavy atom. The van der Waals surface area contributed by atoms with E-state index in [4.69, 9.17) is 9.16 Å². The van der Waals surface area contributed by atoms with Crippen LogP contribution in [0.3, 0.4) is 0 Å². The number of hydrogen-bond acceptors (Lipinski definition) is 6. The Balaban J connectivity index is 1.95. The van der Waals surface area contributed by atoms with Crippen LogP contribution >= 0.6 is 0 Å². The van der Waals surface area contributed by atoms with Gasteiger partial charge in [-0.2, -0.15) is 13.2 Å². The molecular formula is C20H30F3N3O6Si. The number of carbonyl (C=O) groups is 1. The van der Waals surface area contributed by atoms with Crippen molar-refractivity contribution < 1.29 is 32.2 Å². The number of H-pyrrole nitrogens is 1. The van der Waals surface area contributed by atoms with Gasteiger partial charge in [-0.1, -0.05) is 20.8 Å². The van der Waals surface area contributed by atoms with Crippen molar-refractivity contribution in [3.05, 3.63) is 32.6 Å². The maximum atomic E-state index is 12.9. The molecule has 186 valence electrons. The van der Waals surface area contributed by atoms with Crippen molar-refractivity contribution in [2.75, 3.05) is 0 Å². The summed E-state index contributed by atoms with van der Waals surface area (Å²) >= 11 is 0. The van der Waals surface area contributed by atoms with Gasteiger partial charge in [0.1, 0.15) is 12.3 Å². The predicted molar refractivity (Wildman–Crippen MR) is 114 cm³/mol. The Morgan fingerprint density at radius 1 is 1.30 bits per heavy atom. The van der Waals surface area contributed by atoms with Crippen molar-refractivity contribution >= 4 is 14.2 Å². The smallest absolute Gasteiger partial charge is 0.409 e. The van der Waals surface area contributed by atoms with E-state index in [1.807, 2.05) is 39.2 Å². The number of ether oxygens (including phenoxy) is 1. The number of rotatable bonds is 4. The third-order valence-corrected chi connectivity index (χ3v) is 11.4. The van der Waals surface area contributed by atoms with Gasteiger partial charge in [0.15, 0.2) is 8.32 Å². The Bertz CT molecular complexity index is 1050. The van der Waals surface area contributed by atoms with E-state index >= 15 is 0 Å². The van der Waals surface area contributed by atoms with E-state index in [0.29, 0.717) is 0 Å². The molecule has 0 bridgehead atoms. The molecule has 1 saturated heterocycles. The zero-order valence-electron chi connectivity index (χ0n) is 19.4. The lowest BCUT2D eigenvalue weighted by molar-refractivity contribution is -0.175.